The van der Waals surface area contributed by atoms with Gasteiger partial charge in [0.25, 0.3) is 0 Å². The van der Waals surface area contributed by atoms with Crippen LogP contribution in [-0.4, -0.2) is 32.5 Å². The Morgan fingerprint density at radius 3 is 2.79 bits per heavy atom. The number of thioether (sulfide) groups is 1. The molecule has 1 rings (SSSR count). The van der Waals surface area contributed by atoms with Gasteiger partial charge in [-0.15, -0.1) is 10.2 Å². The van der Waals surface area contributed by atoms with Crippen LogP contribution in [0.5, 0.6) is 0 Å². The van der Waals surface area contributed by atoms with Gasteiger partial charge in [0.05, 0.1) is 11.8 Å². The van der Waals surface area contributed by atoms with E-state index in [2.05, 4.69) is 22.4 Å². The van der Waals surface area contributed by atoms with E-state index >= 15 is 0 Å². The van der Waals surface area contributed by atoms with Gasteiger partial charge in [-0.25, -0.2) is 0 Å². The molecule has 7 heteroatoms. The molecule has 1 aromatic heterocycles. The molecule has 0 radical (unpaired) electrons. The molecule has 1 heterocycles. The summed E-state index contributed by atoms with van der Waals surface area (Å²) in [6.07, 6.45) is 3.33. The zero-order chi connectivity index (χ0) is 14.3. The van der Waals surface area contributed by atoms with Gasteiger partial charge in [-0.05, 0) is 13.3 Å². The van der Waals surface area contributed by atoms with Crippen LogP contribution in [0.1, 0.15) is 38.9 Å². The Hall–Kier alpha value is -1.08. The molecule has 0 aliphatic carbocycles. The van der Waals surface area contributed by atoms with E-state index in [9.17, 15) is 4.79 Å². The van der Waals surface area contributed by atoms with E-state index in [0.29, 0.717) is 6.54 Å². The standard InChI is InChI=1S/C12H23N5OS/c1-4-5-6-7-14-11(18)9(2)19-12-16-15-10(8-13)17(12)3/h9H,4-8,13H2,1-3H3,(H,14,18). The zero-order valence-corrected chi connectivity index (χ0v) is 12.7. The van der Waals surface area contributed by atoms with Gasteiger partial charge in [0.1, 0.15) is 5.82 Å². The fourth-order valence-corrected chi connectivity index (χ4v) is 2.43. The second-order valence-corrected chi connectivity index (χ2v) is 5.73. The number of rotatable bonds is 8. The van der Waals surface area contributed by atoms with Crippen molar-refractivity contribution in [3.05, 3.63) is 5.82 Å². The lowest BCUT2D eigenvalue weighted by Gasteiger charge is -2.11. The first-order valence-corrected chi connectivity index (χ1v) is 7.50. The maximum atomic E-state index is 11.9. The van der Waals surface area contributed by atoms with E-state index in [1.165, 1.54) is 11.8 Å². The molecule has 1 unspecified atom stereocenters. The summed E-state index contributed by atoms with van der Waals surface area (Å²) in [5.74, 6) is 0.761. The average Bonchev–Trinajstić information content (AvgIpc) is 2.75. The molecule has 0 aliphatic rings. The Bertz CT molecular complexity index is 407. The van der Waals surface area contributed by atoms with E-state index in [4.69, 9.17) is 5.73 Å². The van der Waals surface area contributed by atoms with Crippen molar-refractivity contribution in [3.8, 4) is 0 Å². The van der Waals surface area contributed by atoms with Crippen molar-refractivity contribution in [1.82, 2.24) is 20.1 Å². The third-order valence-corrected chi connectivity index (χ3v) is 3.97. The smallest absolute Gasteiger partial charge is 0.233 e. The van der Waals surface area contributed by atoms with Gasteiger partial charge >= 0.3 is 0 Å². The number of nitrogens with zero attached hydrogens (tertiary/aromatic N) is 3. The maximum absolute atomic E-state index is 11.9. The van der Waals surface area contributed by atoms with E-state index in [1.807, 2.05) is 18.5 Å². The quantitative estimate of drug-likeness (QED) is 0.551. The number of nitrogens with one attached hydrogen (secondary N) is 1. The first-order chi connectivity index (χ1) is 9.10. The largest absolute Gasteiger partial charge is 0.355 e. The molecule has 1 atom stereocenters. The highest BCUT2D eigenvalue weighted by molar-refractivity contribution is 8.00. The first kappa shape index (κ1) is 16.0. The predicted octanol–water partition coefficient (Wildman–Crippen LogP) is 1.06. The highest BCUT2D eigenvalue weighted by Crippen LogP contribution is 2.21. The second kappa shape index (κ2) is 8.16. The molecule has 0 fully saturated rings. The Labute approximate surface area is 118 Å². The van der Waals surface area contributed by atoms with E-state index in [-0.39, 0.29) is 11.2 Å². The number of hydrogen-bond donors (Lipinski definition) is 2. The summed E-state index contributed by atoms with van der Waals surface area (Å²) in [5.41, 5.74) is 5.54. The van der Waals surface area contributed by atoms with Crippen LogP contribution in [0.4, 0.5) is 0 Å². The van der Waals surface area contributed by atoms with E-state index in [0.717, 1.165) is 36.8 Å². The molecule has 0 spiro atoms. The Kier molecular flexibility index (Phi) is 6.86. The fraction of sp³-hybridized carbons (Fsp3) is 0.750. The minimum absolute atomic E-state index is 0.0402. The van der Waals surface area contributed by atoms with E-state index in [1.54, 1.807) is 0 Å². The zero-order valence-electron chi connectivity index (χ0n) is 11.8. The Morgan fingerprint density at radius 2 is 2.21 bits per heavy atom. The minimum atomic E-state index is -0.185. The van der Waals surface area contributed by atoms with Gasteiger partial charge in [-0.1, -0.05) is 31.5 Å². The van der Waals surface area contributed by atoms with Gasteiger partial charge in [-0.2, -0.15) is 0 Å². The summed E-state index contributed by atoms with van der Waals surface area (Å²) in [6, 6.07) is 0. The summed E-state index contributed by atoms with van der Waals surface area (Å²) in [7, 11) is 1.86. The highest BCUT2D eigenvalue weighted by Gasteiger charge is 2.17. The summed E-state index contributed by atoms with van der Waals surface area (Å²) in [4.78, 5) is 11.9. The van der Waals surface area contributed by atoms with Gasteiger partial charge in [-0.3, -0.25) is 4.79 Å². The molecular weight excluding hydrogens is 262 g/mol. The van der Waals surface area contributed by atoms with Crippen molar-refractivity contribution in [1.29, 1.82) is 0 Å². The number of amides is 1. The molecule has 0 aliphatic heterocycles. The number of unbranched alkanes of at least 4 members (excludes halogenated alkanes) is 2. The molecule has 19 heavy (non-hydrogen) atoms. The fourth-order valence-electron chi connectivity index (χ4n) is 1.57. The lowest BCUT2D eigenvalue weighted by atomic mass is 10.2. The SMILES string of the molecule is CCCCCNC(=O)C(C)Sc1nnc(CN)n1C. The summed E-state index contributed by atoms with van der Waals surface area (Å²) in [5, 5.41) is 11.5. The lowest BCUT2D eigenvalue weighted by molar-refractivity contribution is -0.120. The molecule has 3 N–H and O–H groups in total. The van der Waals surface area contributed by atoms with Crippen molar-refractivity contribution in [3.63, 3.8) is 0 Å². The van der Waals surface area contributed by atoms with Crippen molar-refractivity contribution >= 4 is 17.7 Å². The topological polar surface area (TPSA) is 85.8 Å². The van der Waals surface area contributed by atoms with Crippen LogP contribution >= 0.6 is 11.8 Å². The van der Waals surface area contributed by atoms with Crippen LogP contribution in [-0.2, 0) is 18.4 Å². The van der Waals surface area contributed by atoms with E-state index < -0.39 is 0 Å². The summed E-state index contributed by atoms with van der Waals surface area (Å²) in [6.45, 7) is 5.10. The van der Waals surface area contributed by atoms with Crippen LogP contribution < -0.4 is 11.1 Å². The number of carbonyl (C=O) groups excluding carboxylic acids is 1. The molecule has 0 bridgehead atoms. The van der Waals surface area contributed by atoms with Gasteiger partial charge in [0, 0.05) is 13.6 Å². The molecule has 108 valence electrons. The number of carbonyl (C=O) groups is 1. The highest BCUT2D eigenvalue weighted by atomic mass is 32.2. The molecule has 1 amide bonds. The summed E-state index contributed by atoms with van der Waals surface area (Å²) < 4.78 is 1.82. The second-order valence-electron chi connectivity index (χ2n) is 4.42. The first-order valence-electron chi connectivity index (χ1n) is 6.62. The third-order valence-electron chi connectivity index (χ3n) is 2.84. The molecular formula is C12H23N5OS. The van der Waals surface area contributed by atoms with Crippen LogP contribution in [0, 0.1) is 0 Å². The molecule has 0 aromatic carbocycles. The molecule has 0 saturated carbocycles. The number of hydrogen-bond acceptors (Lipinski definition) is 5. The maximum Gasteiger partial charge on any atom is 0.233 e. The van der Waals surface area contributed by atoms with Crippen molar-refractivity contribution in [2.24, 2.45) is 12.8 Å². The Balaban J connectivity index is 2.42. The number of aromatic nitrogens is 3. The van der Waals surface area contributed by atoms with Crippen LogP contribution in [0.2, 0.25) is 0 Å². The molecule has 0 saturated heterocycles. The third kappa shape index (κ3) is 4.83. The van der Waals surface area contributed by atoms with Crippen molar-refractivity contribution in [2.45, 2.75) is 50.1 Å². The van der Waals surface area contributed by atoms with Crippen molar-refractivity contribution in [2.75, 3.05) is 6.54 Å². The molecule has 1 aromatic rings. The van der Waals surface area contributed by atoms with Gasteiger partial charge in [0.15, 0.2) is 5.16 Å². The van der Waals surface area contributed by atoms with Crippen LogP contribution in [0.3, 0.4) is 0 Å². The van der Waals surface area contributed by atoms with Crippen molar-refractivity contribution < 1.29 is 4.79 Å². The predicted molar refractivity (Wildman–Crippen MR) is 76.7 cm³/mol. The average molecular weight is 285 g/mol. The van der Waals surface area contributed by atoms with Crippen LogP contribution in [0.25, 0.3) is 0 Å². The van der Waals surface area contributed by atoms with Crippen LogP contribution in [0.15, 0.2) is 5.16 Å². The molecule has 6 nitrogen and oxygen atoms in total. The minimum Gasteiger partial charge on any atom is -0.355 e. The van der Waals surface area contributed by atoms with Gasteiger partial charge < -0.3 is 15.6 Å². The summed E-state index contributed by atoms with van der Waals surface area (Å²) >= 11 is 1.40. The lowest BCUT2D eigenvalue weighted by Crippen LogP contribution is -2.31. The normalized spacial score (nSPS) is 12.4. The monoisotopic (exact) mass is 285 g/mol. The number of nitrogens with two attached hydrogens (primary N) is 1. The van der Waals surface area contributed by atoms with Gasteiger partial charge in [0.2, 0.25) is 5.91 Å². The Morgan fingerprint density at radius 1 is 1.47 bits per heavy atom.